The highest BCUT2D eigenvalue weighted by Gasteiger charge is 2.41. The van der Waals surface area contributed by atoms with E-state index in [2.05, 4.69) is 5.32 Å². The number of hydrogen-bond donors (Lipinski definition) is 3. The van der Waals surface area contributed by atoms with Gasteiger partial charge in [0.25, 0.3) is 0 Å². The number of aliphatic hydroxyl groups excluding tert-OH is 1. The molecule has 1 rings (SSSR count). The van der Waals surface area contributed by atoms with Gasteiger partial charge in [0.2, 0.25) is 0 Å². The second kappa shape index (κ2) is 5.44. The third-order valence-electron chi connectivity index (χ3n) is 3.26. The van der Waals surface area contributed by atoms with Crippen molar-refractivity contribution in [2.45, 2.75) is 37.8 Å². The zero-order valence-electron chi connectivity index (χ0n) is 9.78. The minimum atomic E-state index is -2.94. The molecule has 5 nitrogen and oxygen atoms in total. The topological polar surface area (TPSA) is 92.4 Å². The van der Waals surface area contributed by atoms with Crippen LogP contribution in [0.1, 0.15) is 26.2 Å². The average molecular weight is 250 g/mol. The number of nitrogens with one attached hydrogen (secondary N) is 1. The van der Waals surface area contributed by atoms with Crippen LogP contribution in [0.2, 0.25) is 0 Å². The Morgan fingerprint density at radius 1 is 1.56 bits per heavy atom. The van der Waals surface area contributed by atoms with Gasteiger partial charge in [0.05, 0.1) is 11.5 Å². The molecule has 0 aliphatic carbocycles. The molecular formula is C10H22N2O3S. The van der Waals surface area contributed by atoms with Gasteiger partial charge in [-0.1, -0.05) is 6.92 Å². The van der Waals surface area contributed by atoms with E-state index in [1.807, 2.05) is 6.92 Å². The Balaban J connectivity index is 2.68. The molecule has 0 bridgehead atoms. The Morgan fingerprint density at radius 3 is 2.62 bits per heavy atom. The zero-order valence-corrected chi connectivity index (χ0v) is 10.6. The molecule has 16 heavy (non-hydrogen) atoms. The highest BCUT2D eigenvalue weighted by molar-refractivity contribution is 7.91. The van der Waals surface area contributed by atoms with Gasteiger partial charge in [-0.25, -0.2) is 8.42 Å². The van der Waals surface area contributed by atoms with E-state index in [4.69, 9.17) is 10.8 Å². The summed E-state index contributed by atoms with van der Waals surface area (Å²) in [6.45, 7) is 2.45. The maximum absolute atomic E-state index is 11.5. The average Bonchev–Trinajstić information content (AvgIpc) is 2.54. The lowest BCUT2D eigenvalue weighted by Gasteiger charge is -2.32. The summed E-state index contributed by atoms with van der Waals surface area (Å²) in [7, 11) is -2.94. The first-order chi connectivity index (χ1) is 7.47. The van der Waals surface area contributed by atoms with E-state index in [0.29, 0.717) is 19.4 Å². The Bertz CT molecular complexity index is 318. The van der Waals surface area contributed by atoms with Gasteiger partial charge in [0, 0.05) is 24.7 Å². The van der Waals surface area contributed by atoms with Crippen molar-refractivity contribution in [2.75, 3.05) is 24.7 Å². The third kappa shape index (κ3) is 3.41. The fraction of sp³-hybridized carbons (Fsp3) is 1.00. The van der Waals surface area contributed by atoms with Crippen molar-refractivity contribution in [2.24, 2.45) is 5.73 Å². The molecule has 0 spiro atoms. The van der Waals surface area contributed by atoms with Gasteiger partial charge in [-0.2, -0.15) is 0 Å². The molecule has 0 amide bonds. The molecule has 1 saturated heterocycles. The summed E-state index contributed by atoms with van der Waals surface area (Å²) in [5.41, 5.74) is 5.22. The Hall–Kier alpha value is -0.170. The van der Waals surface area contributed by atoms with Crippen LogP contribution in [0.4, 0.5) is 0 Å². The van der Waals surface area contributed by atoms with Crippen LogP contribution < -0.4 is 11.1 Å². The molecule has 0 aromatic carbocycles. The minimum absolute atomic E-state index is 0.110. The summed E-state index contributed by atoms with van der Waals surface area (Å²) in [4.78, 5) is 0. The van der Waals surface area contributed by atoms with E-state index < -0.39 is 15.4 Å². The normalized spacial score (nSPS) is 30.4. The van der Waals surface area contributed by atoms with Gasteiger partial charge in [0.1, 0.15) is 0 Å². The predicted molar refractivity (Wildman–Crippen MR) is 64.0 cm³/mol. The van der Waals surface area contributed by atoms with Crippen LogP contribution >= 0.6 is 0 Å². The molecule has 1 heterocycles. The second-order valence-corrected chi connectivity index (χ2v) is 6.77. The van der Waals surface area contributed by atoms with Gasteiger partial charge >= 0.3 is 0 Å². The van der Waals surface area contributed by atoms with Gasteiger partial charge in [0.15, 0.2) is 9.84 Å². The minimum Gasteiger partial charge on any atom is -0.396 e. The van der Waals surface area contributed by atoms with Crippen LogP contribution in [0.5, 0.6) is 0 Å². The van der Waals surface area contributed by atoms with Crippen molar-refractivity contribution in [3.8, 4) is 0 Å². The monoisotopic (exact) mass is 250 g/mol. The first-order valence-corrected chi connectivity index (χ1v) is 7.58. The van der Waals surface area contributed by atoms with Crippen molar-refractivity contribution < 1.29 is 13.5 Å². The molecule has 4 N–H and O–H groups in total. The zero-order chi connectivity index (χ0) is 12.2. The standard InChI is InChI=1S/C10H22N2O3S/c1-2-9(3-5-13)12-10(7-11)4-6-16(14,15)8-10/h9,12-13H,2-8,11H2,1H3. The van der Waals surface area contributed by atoms with E-state index in [9.17, 15) is 8.42 Å². The lowest BCUT2D eigenvalue weighted by molar-refractivity contribution is 0.235. The largest absolute Gasteiger partial charge is 0.396 e. The number of hydrogen-bond acceptors (Lipinski definition) is 5. The lowest BCUT2D eigenvalue weighted by Crippen LogP contribution is -2.56. The first-order valence-electron chi connectivity index (χ1n) is 5.76. The van der Waals surface area contributed by atoms with Crippen molar-refractivity contribution >= 4 is 9.84 Å². The van der Waals surface area contributed by atoms with Crippen molar-refractivity contribution in [3.63, 3.8) is 0 Å². The molecule has 0 saturated carbocycles. The summed E-state index contributed by atoms with van der Waals surface area (Å²) < 4.78 is 23.0. The SMILES string of the molecule is CCC(CCO)NC1(CN)CCS(=O)(=O)C1. The summed E-state index contributed by atoms with van der Waals surface area (Å²) in [6, 6.07) is 0.141. The Labute approximate surface area is 97.3 Å². The highest BCUT2D eigenvalue weighted by Crippen LogP contribution is 2.23. The predicted octanol–water partition coefficient (Wildman–Crippen LogP) is -0.747. The molecule has 6 heteroatoms. The number of sulfone groups is 1. The van der Waals surface area contributed by atoms with Crippen molar-refractivity contribution in [1.82, 2.24) is 5.32 Å². The number of nitrogens with two attached hydrogens (primary N) is 1. The molecule has 2 unspecified atom stereocenters. The molecule has 1 fully saturated rings. The molecule has 1 aliphatic rings. The smallest absolute Gasteiger partial charge is 0.152 e. The van der Waals surface area contributed by atoms with E-state index >= 15 is 0 Å². The van der Waals surface area contributed by atoms with E-state index in [1.165, 1.54) is 0 Å². The Kier molecular flexibility index (Phi) is 4.73. The first kappa shape index (κ1) is 13.9. The second-order valence-electron chi connectivity index (χ2n) is 4.59. The van der Waals surface area contributed by atoms with Crippen LogP contribution in [-0.2, 0) is 9.84 Å². The molecular weight excluding hydrogens is 228 g/mol. The summed E-state index contributed by atoms with van der Waals surface area (Å²) in [5, 5.41) is 12.2. The molecule has 0 aromatic rings. The quantitative estimate of drug-likeness (QED) is 0.577. The summed E-state index contributed by atoms with van der Waals surface area (Å²) >= 11 is 0. The van der Waals surface area contributed by atoms with E-state index in [0.717, 1.165) is 6.42 Å². The third-order valence-corrected chi connectivity index (χ3v) is 5.08. The van der Waals surface area contributed by atoms with Crippen LogP contribution in [-0.4, -0.2) is 49.8 Å². The van der Waals surface area contributed by atoms with Crippen LogP contribution in [0.15, 0.2) is 0 Å². The van der Waals surface area contributed by atoms with Gasteiger partial charge in [-0.05, 0) is 19.3 Å². The molecule has 1 aliphatic heterocycles. The Morgan fingerprint density at radius 2 is 2.25 bits per heavy atom. The maximum atomic E-state index is 11.5. The number of aliphatic hydroxyl groups is 1. The summed E-state index contributed by atoms with van der Waals surface area (Å²) in [6.07, 6.45) is 2.08. The fourth-order valence-electron chi connectivity index (χ4n) is 2.22. The van der Waals surface area contributed by atoms with Crippen LogP contribution in [0.3, 0.4) is 0 Å². The summed E-state index contributed by atoms with van der Waals surface area (Å²) in [5.74, 6) is 0.338. The molecule has 96 valence electrons. The molecule has 0 aromatic heterocycles. The number of rotatable bonds is 6. The van der Waals surface area contributed by atoms with Crippen LogP contribution in [0, 0.1) is 0 Å². The van der Waals surface area contributed by atoms with Gasteiger partial charge < -0.3 is 16.2 Å². The highest BCUT2D eigenvalue weighted by atomic mass is 32.2. The molecule has 2 atom stereocenters. The lowest BCUT2D eigenvalue weighted by atomic mass is 9.96. The fourth-order valence-corrected chi connectivity index (χ4v) is 4.25. The molecule has 0 radical (unpaired) electrons. The van der Waals surface area contributed by atoms with E-state index in [-0.39, 0.29) is 24.2 Å². The van der Waals surface area contributed by atoms with E-state index in [1.54, 1.807) is 0 Å². The maximum Gasteiger partial charge on any atom is 0.152 e. The van der Waals surface area contributed by atoms with Gasteiger partial charge in [-0.15, -0.1) is 0 Å². The van der Waals surface area contributed by atoms with Crippen molar-refractivity contribution in [3.05, 3.63) is 0 Å². The van der Waals surface area contributed by atoms with Crippen molar-refractivity contribution in [1.29, 1.82) is 0 Å². The van der Waals surface area contributed by atoms with Gasteiger partial charge in [-0.3, -0.25) is 0 Å². The van der Waals surface area contributed by atoms with Crippen LogP contribution in [0.25, 0.3) is 0 Å².